The minimum Gasteiger partial charge on any atom is -0.497 e. The van der Waals surface area contributed by atoms with Crippen LogP contribution in [0.5, 0.6) is 11.5 Å². The van der Waals surface area contributed by atoms with Crippen molar-refractivity contribution in [3.8, 4) is 11.5 Å². The zero-order chi connectivity index (χ0) is 13.5. The molecule has 0 aliphatic heterocycles. The predicted molar refractivity (Wildman–Crippen MR) is 68.4 cm³/mol. The molecule has 100 valence electrons. The van der Waals surface area contributed by atoms with Crippen molar-refractivity contribution in [3.05, 3.63) is 23.8 Å². The summed E-state index contributed by atoms with van der Waals surface area (Å²) in [5.41, 5.74) is 0.444. The monoisotopic (exact) mass is 253 g/mol. The number of hydrogen-bond donors (Lipinski definition) is 1. The zero-order valence-electron chi connectivity index (χ0n) is 11.1. The maximum atomic E-state index is 12.1. The number of carbonyl (C=O) groups excluding carboxylic acids is 1. The molecule has 0 unspecified atom stereocenters. The first-order valence-electron chi connectivity index (χ1n) is 5.64. The molecule has 5 nitrogen and oxygen atoms in total. The van der Waals surface area contributed by atoms with Crippen molar-refractivity contribution < 1.29 is 19.0 Å². The van der Waals surface area contributed by atoms with Gasteiger partial charge in [0, 0.05) is 13.2 Å². The summed E-state index contributed by atoms with van der Waals surface area (Å²) >= 11 is 0. The van der Waals surface area contributed by atoms with E-state index < -0.39 is 0 Å². The van der Waals surface area contributed by atoms with Crippen LogP contribution < -0.4 is 14.8 Å². The molecule has 0 heterocycles. The molecule has 0 aromatic heterocycles. The number of nitrogens with one attached hydrogen (secondary N) is 1. The van der Waals surface area contributed by atoms with Crippen molar-refractivity contribution in [2.45, 2.75) is 13.0 Å². The average molecular weight is 253 g/mol. The highest BCUT2D eigenvalue weighted by atomic mass is 16.5. The maximum Gasteiger partial charge on any atom is 0.255 e. The lowest BCUT2D eigenvalue weighted by Gasteiger charge is -2.15. The first kappa shape index (κ1) is 14.3. The third-order valence-electron chi connectivity index (χ3n) is 2.45. The largest absolute Gasteiger partial charge is 0.497 e. The first-order chi connectivity index (χ1) is 8.62. The van der Waals surface area contributed by atoms with E-state index in [1.54, 1.807) is 32.4 Å². The predicted octanol–water partition coefficient (Wildman–Crippen LogP) is 1.47. The molecule has 18 heavy (non-hydrogen) atoms. The number of methoxy groups -OCH3 is 3. The Balaban J connectivity index is 2.88. The molecule has 0 saturated heterocycles. The minimum absolute atomic E-state index is 0.0709. The van der Waals surface area contributed by atoms with Crippen LogP contribution in [-0.4, -0.2) is 39.9 Å². The number of carbonyl (C=O) groups is 1. The average Bonchev–Trinajstić information content (AvgIpc) is 2.38. The summed E-state index contributed by atoms with van der Waals surface area (Å²) in [6.07, 6.45) is 0. The van der Waals surface area contributed by atoms with Gasteiger partial charge in [0.05, 0.1) is 26.4 Å². The highest BCUT2D eigenvalue weighted by Gasteiger charge is 2.15. The molecule has 0 spiro atoms. The van der Waals surface area contributed by atoms with E-state index in [-0.39, 0.29) is 11.9 Å². The van der Waals surface area contributed by atoms with Crippen LogP contribution in [0.2, 0.25) is 0 Å². The maximum absolute atomic E-state index is 12.1. The molecule has 1 N–H and O–H groups in total. The fourth-order valence-electron chi connectivity index (χ4n) is 1.58. The first-order valence-corrected chi connectivity index (χ1v) is 5.64. The summed E-state index contributed by atoms with van der Waals surface area (Å²) < 4.78 is 15.2. The molecule has 0 fully saturated rings. The van der Waals surface area contributed by atoms with Gasteiger partial charge in [0.15, 0.2) is 0 Å². The van der Waals surface area contributed by atoms with Gasteiger partial charge in [-0.1, -0.05) is 0 Å². The van der Waals surface area contributed by atoms with E-state index in [1.165, 1.54) is 7.11 Å². The second kappa shape index (κ2) is 6.86. The van der Waals surface area contributed by atoms with E-state index in [9.17, 15) is 4.79 Å². The summed E-state index contributed by atoms with van der Waals surface area (Å²) in [6, 6.07) is 5.02. The lowest BCUT2D eigenvalue weighted by Crippen LogP contribution is -2.35. The Hall–Kier alpha value is -1.75. The van der Waals surface area contributed by atoms with E-state index in [0.29, 0.717) is 23.7 Å². The summed E-state index contributed by atoms with van der Waals surface area (Å²) in [5.74, 6) is 0.911. The molecular formula is C13H19NO4. The van der Waals surface area contributed by atoms with Crippen LogP contribution in [0.3, 0.4) is 0 Å². The van der Waals surface area contributed by atoms with E-state index >= 15 is 0 Å². The van der Waals surface area contributed by atoms with Crippen LogP contribution in [0.1, 0.15) is 17.3 Å². The van der Waals surface area contributed by atoms with Crippen molar-refractivity contribution >= 4 is 5.91 Å². The van der Waals surface area contributed by atoms with Crippen LogP contribution in [0.4, 0.5) is 0 Å². The lowest BCUT2D eigenvalue weighted by atomic mass is 10.1. The van der Waals surface area contributed by atoms with Crippen LogP contribution >= 0.6 is 0 Å². The molecule has 1 atom stereocenters. The van der Waals surface area contributed by atoms with Gasteiger partial charge < -0.3 is 19.5 Å². The Morgan fingerprint density at radius 1 is 1.28 bits per heavy atom. The topological polar surface area (TPSA) is 56.8 Å². The third-order valence-corrected chi connectivity index (χ3v) is 2.45. The molecule has 5 heteroatoms. The second-order valence-corrected chi connectivity index (χ2v) is 3.90. The van der Waals surface area contributed by atoms with Gasteiger partial charge in [0.25, 0.3) is 5.91 Å². The second-order valence-electron chi connectivity index (χ2n) is 3.90. The number of benzene rings is 1. The van der Waals surface area contributed by atoms with E-state index in [1.807, 2.05) is 6.92 Å². The fraction of sp³-hybridized carbons (Fsp3) is 0.462. The molecule has 0 aliphatic carbocycles. The van der Waals surface area contributed by atoms with Crippen LogP contribution in [0.15, 0.2) is 18.2 Å². The Labute approximate surface area is 107 Å². The molecule has 0 aliphatic rings. The molecule has 1 aromatic carbocycles. The van der Waals surface area contributed by atoms with E-state index in [0.717, 1.165) is 0 Å². The van der Waals surface area contributed by atoms with Crippen molar-refractivity contribution in [2.75, 3.05) is 27.9 Å². The lowest BCUT2D eigenvalue weighted by molar-refractivity contribution is 0.0902. The third kappa shape index (κ3) is 3.63. The van der Waals surface area contributed by atoms with Crippen molar-refractivity contribution in [1.82, 2.24) is 5.32 Å². The van der Waals surface area contributed by atoms with Crippen molar-refractivity contribution in [3.63, 3.8) is 0 Å². The number of hydrogen-bond acceptors (Lipinski definition) is 4. The van der Waals surface area contributed by atoms with E-state index in [4.69, 9.17) is 14.2 Å². The molecular weight excluding hydrogens is 234 g/mol. The summed E-state index contributed by atoms with van der Waals surface area (Å²) in [5, 5.41) is 2.82. The van der Waals surface area contributed by atoms with Crippen LogP contribution in [0.25, 0.3) is 0 Å². The highest BCUT2D eigenvalue weighted by Crippen LogP contribution is 2.23. The molecule has 1 aromatic rings. The van der Waals surface area contributed by atoms with Gasteiger partial charge in [0.1, 0.15) is 11.5 Å². The highest BCUT2D eigenvalue weighted by molar-refractivity contribution is 5.97. The molecule has 1 amide bonds. The van der Waals surface area contributed by atoms with Gasteiger partial charge in [-0.2, -0.15) is 0 Å². The van der Waals surface area contributed by atoms with Crippen LogP contribution in [-0.2, 0) is 4.74 Å². The summed E-state index contributed by atoms with van der Waals surface area (Å²) in [6.45, 7) is 2.33. The number of rotatable bonds is 6. The van der Waals surface area contributed by atoms with Crippen molar-refractivity contribution in [1.29, 1.82) is 0 Å². The quantitative estimate of drug-likeness (QED) is 0.834. The Morgan fingerprint density at radius 3 is 2.56 bits per heavy atom. The molecule has 1 rings (SSSR count). The van der Waals surface area contributed by atoms with Crippen LogP contribution in [0, 0.1) is 0 Å². The van der Waals surface area contributed by atoms with Gasteiger partial charge in [-0.15, -0.1) is 0 Å². The smallest absolute Gasteiger partial charge is 0.255 e. The Bertz CT molecular complexity index is 406. The van der Waals surface area contributed by atoms with Gasteiger partial charge in [-0.05, 0) is 25.1 Å². The molecule has 0 saturated carbocycles. The van der Waals surface area contributed by atoms with Gasteiger partial charge in [0.2, 0.25) is 0 Å². The van der Waals surface area contributed by atoms with E-state index in [2.05, 4.69) is 5.32 Å². The number of ether oxygens (including phenoxy) is 3. The van der Waals surface area contributed by atoms with Gasteiger partial charge in [-0.3, -0.25) is 4.79 Å². The minimum atomic E-state index is -0.213. The molecule has 0 bridgehead atoms. The summed E-state index contributed by atoms with van der Waals surface area (Å²) in [7, 11) is 4.67. The Kier molecular flexibility index (Phi) is 5.45. The fourth-order valence-corrected chi connectivity index (χ4v) is 1.58. The molecule has 0 radical (unpaired) electrons. The normalized spacial score (nSPS) is 11.8. The standard InChI is InChI=1S/C13H19NO4/c1-9(8-16-2)14-13(15)11-7-10(17-3)5-6-12(11)18-4/h5-7,9H,8H2,1-4H3,(H,14,15)/t9-/m0/s1. The Morgan fingerprint density at radius 2 is 2.00 bits per heavy atom. The van der Waals surface area contributed by atoms with Gasteiger partial charge in [-0.25, -0.2) is 0 Å². The number of amides is 1. The summed E-state index contributed by atoms with van der Waals surface area (Å²) in [4.78, 5) is 12.1. The van der Waals surface area contributed by atoms with Crippen molar-refractivity contribution in [2.24, 2.45) is 0 Å². The SMILES string of the molecule is COC[C@H](C)NC(=O)c1cc(OC)ccc1OC. The van der Waals surface area contributed by atoms with Gasteiger partial charge >= 0.3 is 0 Å². The zero-order valence-corrected chi connectivity index (χ0v) is 11.1.